The van der Waals surface area contributed by atoms with Crippen LogP contribution in [0.3, 0.4) is 0 Å². The van der Waals surface area contributed by atoms with Crippen molar-refractivity contribution in [1.29, 1.82) is 0 Å². The van der Waals surface area contributed by atoms with Crippen LogP contribution in [0.1, 0.15) is 24.8 Å². The van der Waals surface area contributed by atoms with E-state index in [1.165, 1.54) is 0 Å². The molecular weight excluding hydrogens is 312 g/mol. The van der Waals surface area contributed by atoms with Gasteiger partial charge in [-0.05, 0) is 37.0 Å². The van der Waals surface area contributed by atoms with Crippen molar-refractivity contribution < 1.29 is 9.59 Å². The zero-order valence-corrected chi connectivity index (χ0v) is 14.4. The van der Waals surface area contributed by atoms with Gasteiger partial charge in [0.2, 0.25) is 5.78 Å². The molecule has 0 saturated carbocycles. The number of para-hydroxylation sites is 1. The maximum Gasteiger partial charge on any atom is 0.290 e. The van der Waals surface area contributed by atoms with Gasteiger partial charge >= 0.3 is 0 Å². The van der Waals surface area contributed by atoms with Crippen molar-refractivity contribution >= 4 is 17.4 Å². The number of carbonyl (C=O) groups excluding carboxylic acids is 2. The van der Waals surface area contributed by atoms with Crippen LogP contribution in [0.4, 0.5) is 5.69 Å². The van der Waals surface area contributed by atoms with Gasteiger partial charge in [-0.2, -0.15) is 0 Å². The minimum Gasteiger partial charge on any atom is -0.381 e. The number of piperidine rings is 1. The van der Waals surface area contributed by atoms with Crippen LogP contribution < -0.4 is 5.32 Å². The number of anilines is 1. The van der Waals surface area contributed by atoms with Crippen LogP contribution >= 0.6 is 0 Å². The molecule has 130 valence electrons. The minimum atomic E-state index is -0.338. The molecule has 1 fully saturated rings. The monoisotopic (exact) mass is 336 g/mol. The Balaban J connectivity index is 1.51. The first-order valence-corrected chi connectivity index (χ1v) is 8.90. The lowest BCUT2D eigenvalue weighted by Gasteiger charge is -2.33. The summed E-state index contributed by atoms with van der Waals surface area (Å²) in [6.07, 6.45) is 2.82. The molecule has 1 heterocycles. The second-order valence-corrected chi connectivity index (χ2v) is 6.51. The molecular formula is C21H24N2O2. The highest BCUT2D eigenvalue weighted by Crippen LogP contribution is 2.16. The van der Waals surface area contributed by atoms with Gasteiger partial charge in [0.1, 0.15) is 0 Å². The molecule has 1 amide bonds. The van der Waals surface area contributed by atoms with Gasteiger partial charge in [0.05, 0.1) is 0 Å². The number of hydrogen-bond acceptors (Lipinski definition) is 3. The third kappa shape index (κ3) is 4.92. The van der Waals surface area contributed by atoms with Crippen LogP contribution in [0.25, 0.3) is 0 Å². The van der Waals surface area contributed by atoms with E-state index in [4.69, 9.17) is 0 Å². The van der Waals surface area contributed by atoms with E-state index in [-0.39, 0.29) is 24.2 Å². The van der Waals surface area contributed by atoms with Crippen molar-refractivity contribution in [3.63, 3.8) is 0 Å². The van der Waals surface area contributed by atoms with Gasteiger partial charge in [-0.25, -0.2) is 0 Å². The molecule has 0 bridgehead atoms. The average Bonchev–Trinajstić information content (AvgIpc) is 2.67. The molecule has 1 saturated heterocycles. The fourth-order valence-corrected chi connectivity index (χ4v) is 3.24. The summed E-state index contributed by atoms with van der Waals surface area (Å²) < 4.78 is 0. The predicted molar refractivity (Wildman–Crippen MR) is 99.4 cm³/mol. The predicted octanol–water partition coefficient (Wildman–Crippen LogP) is 3.29. The van der Waals surface area contributed by atoms with Gasteiger partial charge < -0.3 is 10.2 Å². The molecule has 4 heteroatoms. The lowest BCUT2D eigenvalue weighted by molar-refractivity contribution is -0.145. The Bertz CT molecular complexity index is 700. The number of hydrogen-bond donors (Lipinski definition) is 1. The van der Waals surface area contributed by atoms with Gasteiger partial charge in [-0.1, -0.05) is 48.5 Å². The van der Waals surface area contributed by atoms with E-state index in [2.05, 4.69) is 5.32 Å². The van der Waals surface area contributed by atoms with E-state index in [1.54, 1.807) is 4.90 Å². The first kappa shape index (κ1) is 17.2. The summed E-state index contributed by atoms with van der Waals surface area (Å²) in [5, 5.41) is 3.46. The SMILES string of the molecule is O=C(CCc1ccccc1)C(=O)N1CCCC(Nc2ccccc2)C1. The summed E-state index contributed by atoms with van der Waals surface area (Å²) in [5.41, 5.74) is 2.14. The number of nitrogens with zero attached hydrogens (tertiary/aromatic N) is 1. The molecule has 2 aromatic rings. The van der Waals surface area contributed by atoms with Gasteiger partial charge in [0, 0.05) is 31.2 Å². The Kier molecular flexibility index (Phi) is 5.83. The number of benzene rings is 2. The van der Waals surface area contributed by atoms with Crippen LogP contribution in [0.5, 0.6) is 0 Å². The van der Waals surface area contributed by atoms with Gasteiger partial charge in [-0.15, -0.1) is 0 Å². The second-order valence-electron chi connectivity index (χ2n) is 6.51. The number of Topliss-reactive ketones (excluding diaryl/α,β-unsaturated/α-hetero) is 1. The van der Waals surface area contributed by atoms with Gasteiger partial charge in [0.25, 0.3) is 5.91 Å². The fourth-order valence-electron chi connectivity index (χ4n) is 3.24. The zero-order valence-electron chi connectivity index (χ0n) is 14.4. The van der Waals surface area contributed by atoms with E-state index < -0.39 is 0 Å². The lowest BCUT2D eigenvalue weighted by atomic mass is 10.0. The molecule has 4 nitrogen and oxygen atoms in total. The second kappa shape index (κ2) is 8.47. The van der Waals surface area contributed by atoms with Crippen molar-refractivity contribution in [3.8, 4) is 0 Å². The Morgan fingerprint density at radius 3 is 2.40 bits per heavy atom. The van der Waals surface area contributed by atoms with E-state index in [0.717, 1.165) is 24.1 Å². The Labute approximate surface area is 148 Å². The number of carbonyl (C=O) groups is 2. The van der Waals surface area contributed by atoms with Crippen molar-refractivity contribution in [2.75, 3.05) is 18.4 Å². The van der Waals surface area contributed by atoms with E-state index in [0.29, 0.717) is 19.5 Å². The number of aryl methyl sites for hydroxylation is 1. The van der Waals surface area contributed by atoms with E-state index in [9.17, 15) is 9.59 Å². The van der Waals surface area contributed by atoms with Crippen LogP contribution in [0.2, 0.25) is 0 Å². The maximum absolute atomic E-state index is 12.5. The topological polar surface area (TPSA) is 49.4 Å². The summed E-state index contributed by atoms with van der Waals surface area (Å²) in [7, 11) is 0. The average molecular weight is 336 g/mol. The van der Waals surface area contributed by atoms with E-state index in [1.807, 2.05) is 60.7 Å². The molecule has 0 radical (unpaired) electrons. The van der Waals surface area contributed by atoms with Crippen molar-refractivity contribution in [2.45, 2.75) is 31.7 Å². The molecule has 1 aliphatic heterocycles. The molecule has 25 heavy (non-hydrogen) atoms. The van der Waals surface area contributed by atoms with Crippen molar-refractivity contribution in [3.05, 3.63) is 66.2 Å². The zero-order chi connectivity index (χ0) is 17.5. The highest BCUT2D eigenvalue weighted by atomic mass is 16.2. The first-order chi connectivity index (χ1) is 12.2. The van der Waals surface area contributed by atoms with Crippen molar-refractivity contribution in [1.82, 2.24) is 4.90 Å². The molecule has 2 aromatic carbocycles. The summed E-state index contributed by atoms with van der Waals surface area (Å²) in [5.74, 6) is -0.625. The Hall–Kier alpha value is -2.62. The first-order valence-electron chi connectivity index (χ1n) is 8.90. The van der Waals surface area contributed by atoms with Crippen LogP contribution in [0.15, 0.2) is 60.7 Å². The van der Waals surface area contributed by atoms with E-state index >= 15 is 0 Å². The third-order valence-corrected chi connectivity index (χ3v) is 4.58. The largest absolute Gasteiger partial charge is 0.381 e. The molecule has 1 aliphatic rings. The molecule has 3 rings (SSSR count). The molecule has 1 N–H and O–H groups in total. The van der Waals surface area contributed by atoms with Crippen LogP contribution in [-0.4, -0.2) is 35.7 Å². The van der Waals surface area contributed by atoms with Crippen molar-refractivity contribution in [2.24, 2.45) is 0 Å². The fraction of sp³-hybridized carbons (Fsp3) is 0.333. The molecule has 0 aliphatic carbocycles. The highest BCUT2D eigenvalue weighted by Gasteiger charge is 2.27. The minimum absolute atomic E-state index is 0.196. The standard InChI is InChI=1S/C21H24N2O2/c24-20(14-13-17-8-3-1-4-9-17)21(25)23-15-7-12-19(16-23)22-18-10-5-2-6-11-18/h1-6,8-11,19,22H,7,12-16H2. The summed E-state index contributed by atoms with van der Waals surface area (Å²) in [6.45, 7) is 1.26. The smallest absolute Gasteiger partial charge is 0.290 e. The molecule has 0 aromatic heterocycles. The van der Waals surface area contributed by atoms with Gasteiger partial charge in [-0.3, -0.25) is 9.59 Å². The Morgan fingerprint density at radius 2 is 1.68 bits per heavy atom. The van der Waals surface area contributed by atoms with Crippen LogP contribution in [-0.2, 0) is 16.0 Å². The number of likely N-dealkylation sites (tertiary alicyclic amines) is 1. The molecule has 0 spiro atoms. The summed E-state index contributed by atoms with van der Waals surface area (Å²) in [6, 6.07) is 20.0. The maximum atomic E-state index is 12.5. The molecule has 1 atom stereocenters. The van der Waals surface area contributed by atoms with Gasteiger partial charge in [0.15, 0.2) is 0 Å². The van der Waals surface area contributed by atoms with Crippen LogP contribution in [0, 0.1) is 0 Å². The number of ketones is 1. The lowest BCUT2D eigenvalue weighted by Crippen LogP contribution is -2.47. The Morgan fingerprint density at radius 1 is 1.00 bits per heavy atom. The number of amides is 1. The highest BCUT2D eigenvalue weighted by molar-refractivity contribution is 6.36. The third-order valence-electron chi connectivity index (χ3n) is 4.58. The number of nitrogens with one attached hydrogen (secondary N) is 1. The summed E-state index contributed by atoms with van der Waals surface area (Å²) >= 11 is 0. The summed E-state index contributed by atoms with van der Waals surface area (Å²) in [4.78, 5) is 26.4. The molecule has 1 unspecified atom stereocenters. The number of rotatable bonds is 6. The quantitative estimate of drug-likeness (QED) is 0.824. The normalized spacial score (nSPS) is 17.1.